The van der Waals surface area contributed by atoms with Gasteiger partial charge in [-0.25, -0.2) is 13.8 Å². The Bertz CT molecular complexity index is 558. The van der Waals surface area contributed by atoms with Gasteiger partial charge in [0.05, 0.1) is 23.7 Å². The molecule has 3 N–H and O–H groups in total. The third-order valence-electron chi connectivity index (χ3n) is 2.39. The summed E-state index contributed by atoms with van der Waals surface area (Å²) >= 11 is 0. The Hall–Kier alpha value is -2.01. The standard InChI is InChI=1S/C12H10F2N2O/c13-8-3-1-2-7(12(8)14)10-5-4-9(15)11(6-17)16-10/h1-5,17H,6,15H2. The summed E-state index contributed by atoms with van der Waals surface area (Å²) in [5, 5.41) is 9.00. The van der Waals surface area contributed by atoms with Gasteiger partial charge in [0.25, 0.3) is 0 Å². The maximum absolute atomic E-state index is 13.5. The molecule has 0 aliphatic carbocycles. The van der Waals surface area contributed by atoms with Crippen molar-refractivity contribution >= 4 is 5.69 Å². The number of hydrogen-bond donors (Lipinski definition) is 2. The van der Waals surface area contributed by atoms with Crippen LogP contribution in [0.1, 0.15) is 5.69 Å². The fraction of sp³-hybridized carbons (Fsp3) is 0.0833. The summed E-state index contributed by atoms with van der Waals surface area (Å²) in [4.78, 5) is 3.98. The van der Waals surface area contributed by atoms with E-state index in [1.807, 2.05) is 0 Å². The Morgan fingerprint density at radius 3 is 2.65 bits per heavy atom. The molecule has 0 fully saturated rings. The van der Waals surface area contributed by atoms with Gasteiger partial charge in [0.15, 0.2) is 11.6 Å². The monoisotopic (exact) mass is 236 g/mol. The van der Waals surface area contributed by atoms with E-state index in [-0.39, 0.29) is 23.6 Å². The fourth-order valence-corrected chi connectivity index (χ4v) is 1.49. The second-order valence-electron chi connectivity index (χ2n) is 3.49. The van der Waals surface area contributed by atoms with Crippen LogP contribution in [0.25, 0.3) is 11.3 Å². The van der Waals surface area contributed by atoms with Gasteiger partial charge in [-0.3, -0.25) is 0 Å². The lowest BCUT2D eigenvalue weighted by Gasteiger charge is -2.07. The lowest BCUT2D eigenvalue weighted by molar-refractivity contribution is 0.278. The van der Waals surface area contributed by atoms with Crippen molar-refractivity contribution in [3.05, 3.63) is 47.7 Å². The molecule has 88 valence electrons. The molecule has 0 amide bonds. The van der Waals surface area contributed by atoms with E-state index in [1.165, 1.54) is 24.3 Å². The Balaban J connectivity index is 2.57. The van der Waals surface area contributed by atoms with Crippen LogP contribution in [0.5, 0.6) is 0 Å². The van der Waals surface area contributed by atoms with Crippen molar-refractivity contribution in [3.8, 4) is 11.3 Å². The van der Waals surface area contributed by atoms with Crippen molar-refractivity contribution in [2.45, 2.75) is 6.61 Å². The van der Waals surface area contributed by atoms with E-state index in [4.69, 9.17) is 10.8 Å². The van der Waals surface area contributed by atoms with E-state index in [2.05, 4.69) is 4.98 Å². The van der Waals surface area contributed by atoms with E-state index < -0.39 is 11.6 Å². The average Bonchev–Trinajstić information content (AvgIpc) is 2.34. The predicted molar refractivity (Wildman–Crippen MR) is 59.9 cm³/mol. The highest BCUT2D eigenvalue weighted by Gasteiger charge is 2.12. The molecule has 0 radical (unpaired) electrons. The minimum atomic E-state index is -0.964. The zero-order chi connectivity index (χ0) is 12.4. The van der Waals surface area contributed by atoms with Crippen LogP contribution in [-0.4, -0.2) is 10.1 Å². The van der Waals surface area contributed by atoms with E-state index in [9.17, 15) is 8.78 Å². The summed E-state index contributed by atoms with van der Waals surface area (Å²) in [5.74, 6) is -1.90. The number of aliphatic hydroxyl groups excluding tert-OH is 1. The number of benzene rings is 1. The molecule has 0 aliphatic rings. The number of nitrogen functional groups attached to an aromatic ring is 1. The number of nitrogens with zero attached hydrogens (tertiary/aromatic N) is 1. The van der Waals surface area contributed by atoms with Gasteiger partial charge in [-0.15, -0.1) is 0 Å². The molecule has 0 bridgehead atoms. The SMILES string of the molecule is Nc1ccc(-c2cccc(F)c2F)nc1CO. The van der Waals surface area contributed by atoms with Crippen molar-refractivity contribution in [1.29, 1.82) is 0 Å². The lowest BCUT2D eigenvalue weighted by Crippen LogP contribution is -2.00. The molecule has 0 atom stereocenters. The first-order valence-electron chi connectivity index (χ1n) is 4.94. The Kier molecular flexibility index (Phi) is 3.01. The van der Waals surface area contributed by atoms with Crippen molar-refractivity contribution in [1.82, 2.24) is 4.98 Å². The number of pyridine rings is 1. The number of halogens is 2. The molecular weight excluding hydrogens is 226 g/mol. The molecule has 0 spiro atoms. The first kappa shape index (κ1) is 11.5. The van der Waals surface area contributed by atoms with E-state index >= 15 is 0 Å². The van der Waals surface area contributed by atoms with Crippen molar-refractivity contribution in [2.75, 3.05) is 5.73 Å². The molecule has 0 saturated carbocycles. The third kappa shape index (κ3) is 2.09. The minimum Gasteiger partial charge on any atom is -0.397 e. The largest absolute Gasteiger partial charge is 0.397 e. The molecule has 0 saturated heterocycles. The second kappa shape index (κ2) is 4.47. The number of aliphatic hydroxyl groups is 1. The zero-order valence-electron chi connectivity index (χ0n) is 8.82. The Morgan fingerprint density at radius 2 is 1.94 bits per heavy atom. The summed E-state index contributed by atoms with van der Waals surface area (Å²) in [6.45, 7) is -0.351. The molecule has 2 rings (SSSR count). The summed E-state index contributed by atoms with van der Waals surface area (Å²) in [5.41, 5.74) is 6.39. The van der Waals surface area contributed by atoms with Crippen LogP contribution in [0.3, 0.4) is 0 Å². The highest BCUT2D eigenvalue weighted by Crippen LogP contribution is 2.24. The number of nitrogens with two attached hydrogens (primary N) is 1. The number of rotatable bonds is 2. The average molecular weight is 236 g/mol. The van der Waals surface area contributed by atoms with Crippen LogP contribution in [0.15, 0.2) is 30.3 Å². The normalized spacial score (nSPS) is 10.5. The lowest BCUT2D eigenvalue weighted by atomic mass is 10.1. The minimum absolute atomic E-state index is 0.0414. The summed E-state index contributed by atoms with van der Waals surface area (Å²) < 4.78 is 26.6. The summed E-state index contributed by atoms with van der Waals surface area (Å²) in [6.07, 6.45) is 0. The molecule has 0 unspecified atom stereocenters. The van der Waals surface area contributed by atoms with Gasteiger partial charge in [0, 0.05) is 5.56 Å². The highest BCUT2D eigenvalue weighted by molar-refractivity contribution is 5.62. The van der Waals surface area contributed by atoms with Crippen LogP contribution < -0.4 is 5.73 Å². The van der Waals surface area contributed by atoms with E-state index in [0.717, 1.165) is 6.07 Å². The summed E-state index contributed by atoms with van der Waals surface area (Å²) in [7, 11) is 0. The smallest absolute Gasteiger partial charge is 0.168 e. The van der Waals surface area contributed by atoms with Gasteiger partial charge in [0.1, 0.15) is 0 Å². The van der Waals surface area contributed by atoms with Crippen LogP contribution in [-0.2, 0) is 6.61 Å². The molecule has 5 heteroatoms. The molecular formula is C12H10F2N2O. The van der Waals surface area contributed by atoms with Gasteiger partial charge < -0.3 is 10.8 Å². The topological polar surface area (TPSA) is 59.1 Å². The fourth-order valence-electron chi connectivity index (χ4n) is 1.49. The molecule has 1 aromatic heterocycles. The van der Waals surface area contributed by atoms with Crippen LogP contribution >= 0.6 is 0 Å². The maximum Gasteiger partial charge on any atom is 0.168 e. The Labute approximate surface area is 96.5 Å². The van der Waals surface area contributed by atoms with Crippen LogP contribution in [0, 0.1) is 11.6 Å². The third-order valence-corrected chi connectivity index (χ3v) is 2.39. The molecule has 1 aromatic carbocycles. The Morgan fingerprint density at radius 1 is 1.18 bits per heavy atom. The molecule has 0 aliphatic heterocycles. The predicted octanol–water partition coefficient (Wildman–Crippen LogP) is 2.10. The molecule has 2 aromatic rings. The highest BCUT2D eigenvalue weighted by atomic mass is 19.2. The van der Waals surface area contributed by atoms with Gasteiger partial charge in [0.2, 0.25) is 0 Å². The molecule has 1 heterocycles. The van der Waals surface area contributed by atoms with Gasteiger partial charge >= 0.3 is 0 Å². The van der Waals surface area contributed by atoms with Crippen molar-refractivity contribution < 1.29 is 13.9 Å². The first-order chi connectivity index (χ1) is 8.13. The maximum atomic E-state index is 13.5. The second-order valence-corrected chi connectivity index (χ2v) is 3.49. The zero-order valence-corrected chi connectivity index (χ0v) is 8.82. The van der Waals surface area contributed by atoms with E-state index in [0.29, 0.717) is 5.69 Å². The van der Waals surface area contributed by atoms with Gasteiger partial charge in [-0.05, 0) is 24.3 Å². The van der Waals surface area contributed by atoms with Gasteiger partial charge in [-0.1, -0.05) is 6.07 Å². The first-order valence-corrected chi connectivity index (χ1v) is 4.94. The van der Waals surface area contributed by atoms with Gasteiger partial charge in [-0.2, -0.15) is 0 Å². The quantitative estimate of drug-likeness (QED) is 0.839. The molecule has 17 heavy (non-hydrogen) atoms. The number of aromatic nitrogens is 1. The van der Waals surface area contributed by atoms with Crippen LogP contribution in [0.2, 0.25) is 0 Å². The van der Waals surface area contributed by atoms with Crippen LogP contribution in [0.4, 0.5) is 14.5 Å². The van der Waals surface area contributed by atoms with Crippen molar-refractivity contribution in [3.63, 3.8) is 0 Å². The summed E-state index contributed by atoms with van der Waals surface area (Å²) in [6, 6.07) is 6.82. The number of anilines is 1. The van der Waals surface area contributed by atoms with E-state index in [1.54, 1.807) is 0 Å². The molecule has 3 nitrogen and oxygen atoms in total. The van der Waals surface area contributed by atoms with Crippen molar-refractivity contribution in [2.24, 2.45) is 0 Å². The number of hydrogen-bond acceptors (Lipinski definition) is 3.